The lowest BCUT2D eigenvalue weighted by Crippen LogP contribution is -2.28. The molecule has 2 aromatic carbocycles. The number of H-pyrrole nitrogens is 1. The van der Waals surface area contributed by atoms with Gasteiger partial charge in [0, 0.05) is 19.0 Å². The Morgan fingerprint density at radius 1 is 1.19 bits per heavy atom. The number of guanidine groups is 1. The highest BCUT2D eigenvalue weighted by molar-refractivity contribution is 6.04. The Bertz CT molecular complexity index is 944. The Balaban J connectivity index is 1.81. The van der Waals surface area contributed by atoms with E-state index in [0.29, 0.717) is 24.6 Å². The fourth-order valence-electron chi connectivity index (χ4n) is 2.52. The molecule has 0 aliphatic rings. The molecule has 26 heavy (non-hydrogen) atoms. The van der Waals surface area contributed by atoms with Crippen LogP contribution in [0.1, 0.15) is 21.6 Å². The topological polar surface area (TPSA) is 119 Å². The second-order valence-corrected chi connectivity index (χ2v) is 5.76. The molecule has 0 aliphatic carbocycles. The Labute approximate surface area is 151 Å². The van der Waals surface area contributed by atoms with E-state index in [9.17, 15) is 4.79 Å². The standard InChI is InChI=1S/C19H21N5O2/c1-22-19(21)24-18(25)15-9-14-3-2-4-16(17(14)23-15)26-11-13-7-5-12(10-20)6-8-13/h2-9,23H,10-11,20H2,1H3,(H3,21,22,24,25). The number of benzene rings is 2. The van der Waals surface area contributed by atoms with Crippen molar-refractivity contribution in [3.63, 3.8) is 0 Å². The van der Waals surface area contributed by atoms with Gasteiger partial charge in [0.15, 0.2) is 5.96 Å². The summed E-state index contributed by atoms with van der Waals surface area (Å²) < 4.78 is 5.93. The first kappa shape index (κ1) is 17.5. The van der Waals surface area contributed by atoms with Crippen LogP contribution >= 0.6 is 0 Å². The van der Waals surface area contributed by atoms with E-state index in [0.717, 1.165) is 22.0 Å². The molecule has 0 saturated heterocycles. The van der Waals surface area contributed by atoms with Gasteiger partial charge in [0.2, 0.25) is 0 Å². The Hall–Kier alpha value is -3.32. The van der Waals surface area contributed by atoms with Crippen molar-refractivity contribution >= 4 is 22.8 Å². The summed E-state index contributed by atoms with van der Waals surface area (Å²) in [6, 6.07) is 15.3. The van der Waals surface area contributed by atoms with Gasteiger partial charge in [0.1, 0.15) is 18.1 Å². The number of nitrogens with zero attached hydrogens (tertiary/aromatic N) is 1. The first-order valence-corrected chi connectivity index (χ1v) is 8.19. The van der Waals surface area contributed by atoms with Crippen LogP contribution < -0.4 is 21.5 Å². The lowest BCUT2D eigenvalue weighted by molar-refractivity contribution is 0.0998. The first-order valence-electron chi connectivity index (χ1n) is 8.19. The van der Waals surface area contributed by atoms with Gasteiger partial charge >= 0.3 is 0 Å². The van der Waals surface area contributed by atoms with Crippen LogP contribution in [0.4, 0.5) is 0 Å². The van der Waals surface area contributed by atoms with Gasteiger partial charge in [-0.1, -0.05) is 36.4 Å². The molecule has 6 N–H and O–H groups in total. The van der Waals surface area contributed by atoms with Crippen LogP contribution in [0.2, 0.25) is 0 Å². The van der Waals surface area contributed by atoms with E-state index in [4.69, 9.17) is 16.2 Å². The number of aromatic amines is 1. The quantitative estimate of drug-likeness (QED) is 0.413. The zero-order valence-electron chi connectivity index (χ0n) is 14.5. The van der Waals surface area contributed by atoms with Crippen molar-refractivity contribution in [2.24, 2.45) is 16.5 Å². The molecular weight excluding hydrogens is 330 g/mol. The normalized spacial score (nSPS) is 11.5. The molecule has 0 bridgehead atoms. The van der Waals surface area contributed by atoms with Gasteiger partial charge in [-0.15, -0.1) is 0 Å². The summed E-state index contributed by atoms with van der Waals surface area (Å²) in [4.78, 5) is 19.0. The summed E-state index contributed by atoms with van der Waals surface area (Å²) in [5.41, 5.74) is 14.4. The summed E-state index contributed by atoms with van der Waals surface area (Å²) >= 11 is 0. The van der Waals surface area contributed by atoms with E-state index in [1.807, 2.05) is 42.5 Å². The minimum Gasteiger partial charge on any atom is -0.487 e. The van der Waals surface area contributed by atoms with Crippen LogP contribution in [-0.2, 0) is 13.2 Å². The lowest BCUT2D eigenvalue weighted by Gasteiger charge is -2.08. The van der Waals surface area contributed by atoms with Crippen molar-refractivity contribution in [2.75, 3.05) is 7.05 Å². The van der Waals surface area contributed by atoms with E-state index in [2.05, 4.69) is 15.3 Å². The third-order valence-corrected chi connectivity index (χ3v) is 3.98. The number of aromatic nitrogens is 1. The third kappa shape index (κ3) is 3.84. The van der Waals surface area contributed by atoms with Crippen molar-refractivity contribution in [3.8, 4) is 5.75 Å². The number of para-hydroxylation sites is 1. The number of fused-ring (bicyclic) bond motifs is 1. The fraction of sp³-hybridized carbons (Fsp3) is 0.158. The number of carbonyl (C=O) groups excluding carboxylic acids is 1. The van der Waals surface area contributed by atoms with Gasteiger partial charge in [-0.25, -0.2) is 0 Å². The summed E-state index contributed by atoms with van der Waals surface area (Å²) in [5.74, 6) is 0.275. The summed E-state index contributed by atoms with van der Waals surface area (Å²) in [6.07, 6.45) is 0. The van der Waals surface area contributed by atoms with Gasteiger partial charge in [-0.05, 0) is 23.3 Å². The SMILES string of the molecule is CNC(N)=NC(=O)c1cc2cccc(OCc3ccc(CN)cc3)c2[nH]1. The van der Waals surface area contributed by atoms with Crippen molar-refractivity contribution in [1.29, 1.82) is 0 Å². The minimum absolute atomic E-state index is 0.0612. The molecule has 134 valence electrons. The molecule has 0 spiro atoms. The van der Waals surface area contributed by atoms with Crippen molar-refractivity contribution in [2.45, 2.75) is 13.2 Å². The molecular formula is C19H21N5O2. The largest absolute Gasteiger partial charge is 0.487 e. The van der Waals surface area contributed by atoms with Crippen LogP contribution in [0.3, 0.4) is 0 Å². The van der Waals surface area contributed by atoms with Crippen molar-refractivity contribution in [1.82, 2.24) is 10.3 Å². The molecule has 3 aromatic rings. The Kier molecular flexibility index (Phi) is 5.19. The van der Waals surface area contributed by atoms with Gasteiger partial charge in [0.25, 0.3) is 5.91 Å². The molecule has 0 aliphatic heterocycles. The molecule has 0 radical (unpaired) electrons. The highest BCUT2D eigenvalue weighted by Gasteiger charge is 2.12. The molecule has 1 heterocycles. The minimum atomic E-state index is -0.448. The number of nitrogens with one attached hydrogen (secondary N) is 2. The number of nitrogens with two attached hydrogens (primary N) is 2. The predicted molar refractivity (Wildman–Crippen MR) is 102 cm³/mol. The maximum atomic E-state index is 12.1. The van der Waals surface area contributed by atoms with Gasteiger partial charge in [-0.3, -0.25) is 4.79 Å². The Morgan fingerprint density at radius 2 is 1.92 bits per heavy atom. The number of amides is 1. The number of aliphatic imine (C=N–C) groups is 1. The van der Waals surface area contributed by atoms with E-state index >= 15 is 0 Å². The molecule has 7 heteroatoms. The summed E-state index contributed by atoms with van der Waals surface area (Å²) in [5, 5.41) is 3.48. The summed E-state index contributed by atoms with van der Waals surface area (Å²) in [7, 11) is 1.60. The van der Waals surface area contributed by atoms with Gasteiger partial charge in [0.05, 0.1) is 5.52 Å². The lowest BCUT2D eigenvalue weighted by atomic mass is 10.1. The number of hydrogen-bond donors (Lipinski definition) is 4. The molecule has 0 fully saturated rings. The van der Waals surface area contributed by atoms with Gasteiger partial charge < -0.3 is 26.5 Å². The van der Waals surface area contributed by atoms with Gasteiger partial charge in [-0.2, -0.15) is 4.99 Å². The third-order valence-electron chi connectivity index (χ3n) is 3.98. The molecule has 0 atom stereocenters. The predicted octanol–water partition coefficient (Wildman–Crippen LogP) is 1.88. The number of carbonyl (C=O) groups is 1. The monoisotopic (exact) mass is 351 g/mol. The molecule has 7 nitrogen and oxygen atoms in total. The number of rotatable bonds is 5. The average Bonchev–Trinajstić information content (AvgIpc) is 3.11. The smallest absolute Gasteiger partial charge is 0.296 e. The van der Waals surface area contributed by atoms with Crippen LogP contribution in [0.25, 0.3) is 10.9 Å². The second-order valence-electron chi connectivity index (χ2n) is 5.76. The Morgan fingerprint density at radius 3 is 2.62 bits per heavy atom. The zero-order valence-corrected chi connectivity index (χ0v) is 14.5. The average molecular weight is 351 g/mol. The zero-order chi connectivity index (χ0) is 18.5. The van der Waals surface area contributed by atoms with E-state index in [1.54, 1.807) is 13.1 Å². The molecule has 3 rings (SSSR count). The van der Waals surface area contributed by atoms with Crippen molar-refractivity contribution < 1.29 is 9.53 Å². The molecule has 0 unspecified atom stereocenters. The van der Waals surface area contributed by atoms with Crippen LogP contribution in [0.15, 0.2) is 53.5 Å². The maximum Gasteiger partial charge on any atom is 0.296 e. The highest BCUT2D eigenvalue weighted by atomic mass is 16.5. The number of ether oxygens (including phenoxy) is 1. The molecule has 1 aromatic heterocycles. The van der Waals surface area contributed by atoms with Crippen LogP contribution in [0, 0.1) is 0 Å². The van der Waals surface area contributed by atoms with E-state index in [1.165, 1.54) is 0 Å². The van der Waals surface area contributed by atoms with Crippen LogP contribution in [0.5, 0.6) is 5.75 Å². The number of hydrogen-bond acceptors (Lipinski definition) is 3. The first-order chi connectivity index (χ1) is 12.6. The second kappa shape index (κ2) is 7.71. The highest BCUT2D eigenvalue weighted by Crippen LogP contribution is 2.26. The maximum absolute atomic E-state index is 12.1. The molecule has 0 saturated carbocycles. The fourth-order valence-corrected chi connectivity index (χ4v) is 2.52. The molecule has 1 amide bonds. The van der Waals surface area contributed by atoms with E-state index < -0.39 is 5.91 Å². The van der Waals surface area contributed by atoms with E-state index in [-0.39, 0.29) is 5.96 Å². The van der Waals surface area contributed by atoms with Crippen LogP contribution in [-0.4, -0.2) is 23.9 Å². The summed E-state index contributed by atoms with van der Waals surface area (Å²) in [6.45, 7) is 0.928. The van der Waals surface area contributed by atoms with Crippen molar-refractivity contribution in [3.05, 3.63) is 65.4 Å².